The zero-order valence-corrected chi connectivity index (χ0v) is 12.1. The highest BCUT2D eigenvalue weighted by molar-refractivity contribution is 8.15. The average molecular weight is 291 g/mol. The Morgan fingerprint density at radius 3 is 2.82 bits per heavy atom. The van der Waals surface area contributed by atoms with Crippen LogP contribution in [0.15, 0.2) is 0 Å². The number of hydrogen-bond acceptors (Lipinski definition) is 6. The monoisotopic (exact) mass is 291 g/mol. The molecule has 1 N–H and O–H groups in total. The van der Waals surface area contributed by atoms with Gasteiger partial charge in [-0.25, -0.2) is 0 Å². The van der Waals surface area contributed by atoms with E-state index in [1.807, 2.05) is 0 Å². The molecule has 1 saturated heterocycles. The van der Waals surface area contributed by atoms with Crippen LogP contribution in [-0.4, -0.2) is 53.0 Å². The van der Waals surface area contributed by atoms with Crippen LogP contribution in [0, 0.1) is 0 Å². The van der Waals surface area contributed by atoms with Crippen LogP contribution in [0.3, 0.4) is 0 Å². The highest BCUT2D eigenvalue weighted by Crippen LogP contribution is 2.26. The number of carbonyl (C=O) groups excluding carboxylic acids is 3. The van der Waals surface area contributed by atoms with Crippen LogP contribution in [0.25, 0.3) is 0 Å². The first-order valence-corrected chi connectivity index (χ1v) is 7.12. The summed E-state index contributed by atoms with van der Waals surface area (Å²) in [5, 5.41) is 2.03. The second-order valence-corrected chi connectivity index (χ2v) is 5.27. The molecule has 1 rings (SSSR count). The molecule has 0 aromatic rings. The molecule has 0 aromatic heterocycles. The smallest absolute Gasteiger partial charge is 0.287 e. The van der Waals surface area contributed by atoms with E-state index in [4.69, 9.17) is 0 Å². The van der Waals surface area contributed by atoms with Crippen molar-refractivity contribution in [3.05, 3.63) is 0 Å². The maximum atomic E-state index is 11.8. The quantitative estimate of drug-likeness (QED) is 0.303. The standard InChI is InChI=1S/C8H13BN2O3PS2/c1-10-4(3-16)8(14)17-5-2-6(12)11(9-15)7(5)13/h4-5,10,16H,2-3,15H2,1H3/t4-,5?/m0/s1. The number of rotatable bonds is 5. The molecule has 1 radical (unpaired) electrons. The Balaban J connectivity index is 2.62. The summed E-state index contributed by atoms with van der Waals surface area (Å²) in [6.45, 7) is 0. The highest BCUT2D eigenvalue weighted by Gasteiger charge is 2.39. The molecule has 1 aliphatic heterocycles. The summed E-state index contributed by atoms with van der Waals surface area (Å²) in [6.07, 6.45) is 0.0726. The van der Waals surface area contributed by atoms with E-state index >= 15 is 0 Å². The Hall–Kier alpha value is -0.0351. The summed E-state index contributed by atoms with van der Waals surface area (Å²) in [5.41, 5.74) is 0. The zero-order valence-electron chi connectivity index (χ0n) is 9.25. The van der Waals surface area contributed by atoms with E-state index in [0.29, 0.717) is 5.75 Å². The van der Waals surface area contributed by atoms with E-state index in [2.05, 4.69) is 27.1 Å². The zero-order chi connectivity index (χ0) is 13.0. The Morgan fingerprint density at radius 2 is 2.41 bits per heavy atom. The van der Waals surface area contributed by atoms with Gasteiger partial charge in [0.2, 0.25) is 16.9 Å². The van der Waals surface area contributed by atoms with Gasteiger partial charge in [0, 0.05) is 12.2 Å². The van der Waals surface area contributed by atoms with Crippen molar-refractivity contribution in [3.63, 3.8) is 0 Å². The molecule has 0 saturated carbocycles. The lowest BCUT2D eigenvalue weighted by Gasteiger charge is -2.14. The minimum atomic E-state index is -0.609. The predicted molar refractivity (Wildman–Crippen MR) is 75.0 cm³/mol. The fourth-order valence-electron chi connectivity index (χ4n) is 1.38. The molecule has 0 aliphatic carbocycles. The van der Waals surface area contributed by atoms with E-state index in [-0.39, 0.29) is 23.4 Å². The SMILES string of the molecule is CN[C@@H](CS)C(=O)SC1CC(=O)N([B]P)C1=O. The lowest BCUT2D eigenvalue weighted by molar-refractivity contribution is -0.132. The summed E-state index contributed by atoms with van der Waals surface area (Å²) in [6, 6.07) is -0.403. The van der Waals surface area contributed by atoms with Gasteiger partial charge in [-0.05, 0) is 7.05 Å². The molecule has 5 nitrogen and oxygen atoms in total. The second-order valence-electron chi connectivity index (χ2n) is 3.40. The number of nitrogens with one attached hydrogen (secondary N) is 1. The van der Waals surface area contributed by atoms with E-state index in [9.17, 15) is 14.4 Å². The first-order chi connectivity index (χ1) is 8.04. The van der Waals surface area contributed by atoms with Gasteiger partial charge < -0.3 is 10.1 Å². The maximum absolute atomic E-state index is 11.8. The van der Waals surface area contributed by atoms with Crippen LogP contribution in [0.5, 0.6) is 0 Å². The second kappa shape index (κ2) is 6.78. The molecule has 3 atom stereocenters. The average Bonchev–Trinajstić information content (AvgIpc) is 2.55. The fraction of sp³-hybridized carbons (Fsp3) is 0.625. The Kier molecular flexibility index (Phi) is 5.99. The van der Waals surface area contributed by atoms with E-state index in [1.54, 1.807) is 7.05 Å². The minimum Gasteiger partial charge on any atom is -0.328 e. The molecule has 1 fully saturated rings. The van der Waals surface area contributed by atoms with Gasteiger partial charge in [0.05, 0.1) is 11.3 Å². The number of thiol groups is 1. The van der Waals surface area contributed by atoms with Gasteiger partial charge in [-0.1, -0.05) is 11.8 Å². The number of hydrogen-bond donors (Lipinski definition) is 2. The summed E-state index contributed by atoms with van der Waals surface area (Å²) < 4.78 is 0. The molecule has 2 amide bonds. The number of nitrogens with zero attached hydrogens (tertiary/aromatic N) is 1. The minimum absolute atomic E-state index is 0.0726. The van der Waals surface area contributed by atoms with Gasteiger partial charge >= 0.3 is 0 Å². The molecule has 1 heterocycles. The number of carbonyl (C=O) groups is 3. The largest absolute Gasteiger partial charge is 0.328 e. The Labute approximate surface area is 113 Å². The topological polar surface area (TPSA) is 66.5 Å². The van der Waals surface area contributed by atoms with E-state index < -0.39 is 11.3 Å². The number of imide groups is 1. The van der Waals surface area contributed by atoms with Crippen molar-refractivity contribution >= 4 is 57.6 Å². The van der Waals surface area contributed by atoms with E-state index in [0.717, 1.165) is 16.6 Å². The number of amides is 2. The molecular weight excluding hydrogens is 278 g/mol. The van der Waals surface area contributed by atoms with Gasteiger partial charge in [-0.15, -0.1) is 0 Å². The Morgan fingerprint density at radius 1 is 1.76 bits per heavy atom. The third kappa shape index (κ3) is 3.47. The van der Waals surface area contributed by atoms with Gasteiger partial charge in [0.1, 0.15) is 0 Å². The lowest BCUT2D eigenvalue weighted by Crippen LogP contribution is -2.36. The number of thioether (sulfide) groups is 1. The normalized spacial score (nSPS) is 21.8. The van der Waals surface area contributed by atoms with Crippen molar-refractivity contribution in [3.8, 4) is 0 Å². The third-order valence-electron chi connectivity index (χ3n) is 2.36. The maximum Gasteiger partial charge on any atom is 0.287 e. The lowest BCUT2D eigenvalue weighted by atomic mass is 10.3. The molecule has 9 heteroatoms. The molecule has 1 aliphatic rings. The summed E-state index contributed by atoms with van der Waals surface area (Å²) in [7, 11) is 5.22. The molecule has 0 aromatic carbocycles. The van der Waals surface area contributed by atoms with Gasteiger partial charge in [-0.3, -0.25) is 14.4 Å². The van der Waals surface area contributed by atoms with Crippen molar-refractivity contribution in [2.24, 2.45) is 0 Å². The van der Waals surface area contributed by atoms with Crippen molar-refractivity contribution in [2.75, 3.05) is 12.8 Å². The van der Waals surface area contributed by atoms with Crippen LogP contribution >= 0.6 is 33.5 Å². The van der Waals surface area contributed by atoms with Gasteiger partial charge in [0.15, 0.2) is 0 Å². The predicted octanol–water partition coefficient (Wildman–Crippen LogP) is -0.699. The molecule has 93 valence electrons. The Bertz CT molecular complexity index is 341. The van der Waals surface area contributed by atoms with Crippen LogP contribution in [0.4, 0.5) is 0 Å². The van der Waals surface area contributed by atoms with Crippen molar-refractivity contribution in [2.45, 2.75) is 17.7 Å². The van der Waals surface area contributed by atoms with Crippen LogP contribution in [-0.2, 0) is 14.4 Å². The highest BCUT2D eigenvalue weighted by atomic mass is 32.2. The van der Waals surface area contributed by atoms with Crippen LogP contribution in [0.1, 0.15) is 6.42 Å². The summed E-state index contributed by atoms with van der Waals surface area (Å²) in [5.74, 6) is -0.254. The summed E-state index contributed by atoms with van der Waals surface area (Å²) in [4.78, 5) is 35.9. The fourth-order valence-corrected chi connectivity index (χ4v) is 3.25. The molecule has 17 heavy (non-hydrogen) atoms. The van der Waals surface area contributed by atoms with Gasteiger partial charge in [0.25, 0.3) is 7.13 Å². The number of likely N-dealkylation sites (N-methyl/N-ethyl adjacent to an activating group) is 1. The van der Waals surface area contributed by atoms with Crippen molar-refractivity contribution in [1.29, 1.82) is 0 Å². The van der Waals surface area contributed by atoms with Crippen LogP contribution in [0.2, 0.25) is 0 Å². The van der Waals surface area contributed by atoms with Gasteiger partial charge in [-0.2, -0.15) is 21.7 Å². The van der Waals surface area contributed by atoms with Crippen molar-refractivity contribution < 1.29 is 14.4 Å². The summed E-state index contributed by atoms with van der Waals surface area (Å²) >= 11 is 4.94. The molecule has 0 spiro atoms. The first-order valence-electron chi connectivity index (χ1n) is 4.94. The molecule has 0 bridgehead atoms. The third-order valence-corrected chi connectivity index (χ3v) is 4.20. The first kappa shape index (κ1) is 15.0. The van der Waals surface area contributed by atoms with E-state index in [1.165, 1.54) is 7.13 Å². The van der Waals surface area contributed by atoms with Crippen LogP contribution < -0.4 is 5.32 Å². The molecule has 2 unspecified atom stereocenters. The van der Waals surface area contributed by atoms with Crippen molar-refractivity contribution in [1.82, 2.24) is 10.1 Å². The molecular formula is C8H13BN2O3PS2.